The number of aliphatic hydroxyl groups excluding tert-OH is 1. The van der Waals surface area contributed by atoms with Crippen molar-refractivity contribution in [2.45, 2.75) is 19.8 Å². The number of hydrazone groups is 1. The molecule has 1 amide bonds. The molecule has 0 aromatic heterocycles. The summed E-state index contributed by atoms with van der Waals surface area (Å²) in [6.07, 6.45) is 1.56. The molecule has 5 nitrogen and oxygen atoms in total. The van der Waals surface area contributed by atoms with Crippen LogP contribution in [-0.2, 0) is 0 Å². The van der Waals surface area contributed by atoms with Crippen molar-refractivity contribution in [2.24, 2.45) is 5.10 Å². The molecule has 0 saturated carbocycles. The fourth-order valence-electron chi connectivity index (χ4n) is 1.93. The summed E-state index contributed by atoms with van der Waals surface area (Å²) in [7, 11) is 0. The Bertz CT molecular complexity index is 468. The second-order valence-electron chi connectivity index (χ2n) is 4.59. The number of hydrogen-bond acceptors (Lipinski definition) is 4. The van der Waals surface area contributed by atoms with Crippen LogP contribution in [0.4, 0.5) is 5.69 Å². The summed E-state index contributed by atoms with van der Waals surface area (Å²) < 4.78 is 0. The van der Waals surface area contributed by atoms with Gasteiger partial charge in [0.1, 0.15) is 0 Å². The molecule has 0 spiro atoms. The number of benzene rings is 1. The topological polar surface area (TPSA) is 64.9 Å². The number of carbonyl (C=O) groups is 1. The molecule has 0 atom stereocenters. The van der Waals surface area contributed by atoms with Gasteiger partial charge < -0.3 is 10.4 Å². The molecule has 0 saturated heterocycles. The van der Waals surface area contributed by atoms with Crippen molar-refractivity contribution in [2.75, 3.05) is 24.7 Å². The summed E-state index contributed by atoms with van der Waals surface area (Å²) >= 11 is 0. The smallest absolute Gasteiger partial charge is 0.251 e. The van der Waals surface area contributed by atoms with Gasteiger partial charge in [-0.25, -0.2) is 0 Å². The molecule has 1 aliphatic rings. The number of nitrogens with zero attached hydrogens (tertiary/aromatic N) is 2. The zero-order chi connectivity index (χ0) is 13.7. The fraction of sp³-hybridized carbons (Fsp3) is 0.429. The standard InChI is InChI=1S/C14H19N3O2/c1-11-7-9-17(16-11)13-5-3-12(4-6-13)14(19)15-8-2-10-18/h3-6,18H,2,7-10H2,1H3,(H,15,19). The van der Waals surface area contributed by atoms with Crippen molar-refractivity contribution in [3.63, 3.8) is 0 Å². The van der Waals surface area contributed by atoms with Gasteiger partial charge in [-0.2, -0.15) is 5.10 Å². The minimum absolute atomic E-state index is 0.0888. The molecule has 0 fully saturated rings. The number of carbonyl (C=O) groups excluding carboxylic acids is 1. The van der Waals surface area contributed by atoms with E-state index in [0.29, 0.717) is 18.5 Å². The first-order chi connectivity index (χ1) is 9.20. The second kappa shape index (κ2) is 6.33. The van der Waals surface area contributed by atoms with E-state index in [1.807, 2.05) is 24.1 Å². The van der Waals surface area contributed by atoms with E-state index < -0.39 is 0 Å². The Morgan fingerprint density at radius 3 is 2.74 bits per heavy atom. The van der Waals surface area contributed by atoms with E-state index in [-0.39, 0.29) is 12.5 Å². The van der Waals surface area contributed by atoms with Crippen LogP contribution in [0.15, 0.2) is 29.4 Å². The number of amides is 1. The average Bonchev–Trinajstić information content (AvgIpc) is 2.86. The largest absolute Gasteiger partial charge is 0.396 e. The van der Waals surface area contributed by atoms with Crippen molar-refractivity contribution < 1.29 is 9.90 Å². The van der Waals surface area contributed by atoms with E-state index in [1.54, 1.807) is 12.1 Å². The molecule has 0 radical (unpaired) electrons. The van der Waals surface area contributed by atoms with E-state index in [0.717, 1.165) is 24.4 Å². The van der Waals surface area contributed by atoms with Gasteiger partial charge in [0, 0.05) is 37.4 Å². The van der Waals surface area contributed by atoms with E-state index in [2.05, 4.69) is 10.4 Å². The highest BCUT2D eigenvalue weighted by Crippen LogP contribution is 2.19. The van der Waals surface area contributed by atoms with Gasteiger partial charge in [0.15, 0.2) is 0 Å². The third-order valence-electron chi connectivity index (χ3n) is 3.02. The molecular weight excluding hydrogens is 242 g/mol. The van der Waals surface area contributed by atoms with Crippen LogP contribution in [0.2, 0.25) is 0 Å². The van der Waals surface area contributed by atoms with Crippen molar-refractivity contribution in [1.82, 2.24) is 5.32 Å². The second-order valence-corrected chi connectivity index (χ2v) is 4.59. The van der Waals surface area contributed by atoms with Gasteiger partial charge in [0.2, 0.25) is 0 Å². The van der Waals surface area contributed by atoms with E-state index in [4.69, 9.17) is 5.11 Å². The summed E-state index contributed by atoms with van der Waals surface area (Å²) in [5, 5.41) is 17.8. The predicted octanol–water partition coefficient (Wildman–Crippen LogP) is 1.38. The number of nitrogens with one attached hydrogen (secondary N) is 1. The average molecular weight is 261 g/mol. The molecule has 0 bridgehead atoms. The highest BCUT2D eigenvalue weighted by molar-refractivity contribution is 5.94. The number of hydrogen-bond donors (Lipinski definition) is 2. The summed E-state index contributed by atoms with van der Waals surface area (Å²) in [4.78, 5) is 11.8. The third-order valence-corrected chi connectivity index (χ3v) is 3.02. The van der Waals surface area contributed by atoms with Crippen LogP contribution in [0.5, 0.6) is 0 Å². The SMILES string of the molecule is CC1=NN(c2ccc(C(=O)NCCCO)cc2)CC1. The lowest BCUT2D eigenvalue weighted by molar-refractivity contribution is 0.0951. The minimum atomic E-state index is -0.110. The van der Waals surface area contributed by atoms with Crippen LogP contribution < -0.4 is 10.3 Å². The Morgan fingerprint density at radius 2 is 2.16 bits per heavy atom. The van der Waals surface area contributed by atoms with E-state index in [1.165, 1.54) is 0 Å². The minimum Gasteiger partial charge on any atom is -0.396 e. The first-order valence-corrected chi connectivity index (χ1v) is 6.51. The highest BCUT2D eigenvalue weighted by atomic mass is 16.3. The number of rotatable bonds is 5. The fourth-order valence-corrected chi connectivity index (χ4v) is 1.93. The zero-order valence-corrected chi connectivity index (χ0v) is 11.1. The van der Waals surface area contributed by atoms with Gasteiger partial charge in [0.25, 0.3) is 5.91 Å². The third kappa shape index (κ3) is 3.54. The quantitative estimate of drug-likeness (QED) is 0.787. The Morgan fingerprint density at radius 1 is 1.42 bits per heavy atom. The molecule has 102 valence electrons. The molecule has 5 heteroatoms. The Hall–Kier alpha value is -1.88. The van der Waals surface area contributed by atoms with Crippen molar-refractivity contribution in [3.8, 4) is 0 Å². The molecule has 1 aliphatic heterocycles. The maximum absolute atomic E-state index is 11.8. The van der Waals surface area contributed by atoms with Gasteiger partial charge in [-0.3, -0.25) is 9.80 Å². The summed E-state index contributed by atoms with van der Waals surface area (Å²) in [5.74, 6) is -0.110. The van der Waals surface area contributed by atoms with Crippen LogP contribution in [0.1, 0.15) is 30.1 Å². The van der Waals surface area contributed by atoms with Crippen molar-refractivity contribution >= 4 is 17.3 Å². The molecule has 19 heavy (non-hydrogen) atoms. The molecular formula is C14H19N3O2. The predicted molar refractivity (Wildman–Crippen MR) is 75.6 cm³/mol. The lowest BCUT2D eigenvalue weighted by atomic mass is 10.2. The van der Waals surface area contributed by atoms with Crippen molar-refractivity contribution in [3.05, 3.63) is 29.8 Å². The van der Waals surface area contributed by atoms with E-state index >= 15 is 0 Å². The Balaban J connectivity index is 1.96. The number of anilines is 1. The normalized spacial score (nSPS) is 14.4. The van der Waals surface area contributed by atoms with Gasteiger partial charge in [-0.1, -0.05) is 0 Å². The molecule has 2 N–H and O–H groups in total. The summed E-state index contributed by atoms with van der Waals surface area (Å²) in [5.41, 5.74) is 2.76. The van der Waals surface area contributed by atoms with Crippen LogP contribution >= 0.6 is 0 Å². The van der Waals surface area contributed by atoms with Crippen LogP contribution in [0, 0.1) is 0 Å². The molecule has 1 aromatic rings. The molecule has 2 rings (SSSR count). The van der Waals surface area contributed by atoms with Gasteiger partial charge in [-0.15, -0.1) is 0 Å². The Labute approximate surface area is 112 Å². The maximum atomic E-state index is 11.8. The molecule has 1 heterocycles. The molecule has 0 unspecified atom stereocenters. The lowest BCUT2D eigenvalue weighted by Crippen LogP contribution is -2.25. The van der Waals surface area contributed by atoms with Gasteiger partial charge >= 0.3 is 0 Å². The van der Waals surface area contributed by atoms with Crippen LogP contribution in [0.3, 0.4) is 0 Å². The van der Waals surface area contributed by atoms with E-state index in [9.17, 15) is 4.79 Å². The first-order valence-electron chi connectivity index (χ1n) is 6.51. The number of aliphatic hydroxyl groups is 1. The highest BCUT2D eigenvalue weighted by Gasteiger charge is 2.13. The maximum Gasteiger partial charge on any atom is 0.251 e. The monoisotopic (exact) mass is 261 g/mol. The van der Waals surface area contributed by atoms with Crippen LogP contribution in [0.25, 0.3) is 0 Å². The van der Waals surface area contributed by atoms with Crippen molar-refractivity contribution in [1.29, 1.82) is 0 Å². The van der Waals surface area contributed by atoms with Crippen LogP contribution in [-0.4, -0.2) is 36.4 Å². The molecule has 1 aromatic carbocycles. The lowest BCUT2D eigenvalue weighted by Gasteiger charge is -2.13. The summed E-state index contributed by atoms with van der Waals surface area (Å²) in [6, 6.07) is 7.41. The molecule has 0 aliphatic carbocycles. The Kier molecular flexibility index (Phi) is 4.52. The first kappa shape index (κ1) is 13.5. The summed E-state index contributed by atoms with van der Waals surface area (Å²) in [6.45, 7) is 3.50. The van der Waals surface area contributed by atoms with Gasteiger partial charge in [-0.05, 0) is 37.6 Å². The zero-order valence-electron chi connectivity index (χ0n) is 11.1. The van der Waals surface area contributed by atoms with Gasteiger partial charge in [0.05, 0.1) is 5.69 Å².